The molecule has 3 nitrogen and oxygen atoms in total. The summed E-state index contributed by atoms with van der Waals surface area (Å²) in [7, 11) is 0. The van der Waals surface area contributed by atoms with E-state index in [4.69, 9.17) is 10.5 Å². The van der Waals surface area contributed by atoms with E-state index in [1.165, 1.54) is 0 Å². The van der Waals surface area contributed by atoms with Crippen LogP contribution < -0.4 is 10.5 Å². The van der Waals surface area contributed by atoms with Gasteiger partial charge in [-0.15, -0.1) is 0 Å². The second-order valence-electron chi connectivity index (χ2n) is 5.29. The van der Waals surface area contributed by atoms with Gasteiger partial charge in [0.1, 0.15) is 5.75 Å². The van der Waals surface area contributed by atoms with Gasteiger partial charge in [0, 0.05) is 5.56 Å². The maximum Gasteiger partial charge on any atom is 0.179 e. The van der Waals surface area contributed by atoms with E-state index >= 15 is 0 Å². The van der Waals surface area contributed by atoms with Crippen LogP contribution >= 0.6 is 0 Å². The molecule has 0 fully saturated rings. The Morgan fingerprint density at radius 1 is 1.28 bits per heavy atom. The third-order valence-electron chi connectivity index (χ3n) is 2.55. The number of Topliss-reactive ketones (excluding diaryl/α,β-unsaturated/α-hetero) is 1. The first-order valence-electron chi connectivity index (χ1n) is 6.46. The van der Waals surface area contributed by atoms with Gasteiger partial charge in [0.05, 0.1) is 12.1 Å². The molecule has 1 aromatic carbocycles. The first kappa shape index (κ1) is 14.7. The summed E-state index contributed by atoms with van der Waals surface area (Å²) < 4.78 is 5.57. The molecule has 1 atom stereocenters. The summed E-state index contributed by atoms with van der Waals surface area (Å²) in [4.78, 5) is 12.1. The van der Waals surface area contributed by atoms with E-state index in [1.807, 2.05) is 26.0 Å². The minimum absolute atomic E-state index is 0.0158. The molecule has 18 heavy (non-hydrogen) atoms. The van der Waals surface area contributed by atoms with Crippen LogP contribution in [0.4, 0.5) is 0 Å². The number of carbonyl (C=O) groups excluding carboxylic acids is 1. The van der Waals surface area contributed by atoms with E-state index in [1.54, 1.807) is 12.1 Å². The molecule has 0 saturated heterocycles. The van der Waals surface area contributed by atoms with Crippen molar-refractivity contribution in [2.75, 3.05) is 0 Å². The summed E-state index contributed by atoms with van der Waals surface area (Å²) in [6.45, 7) is 8.04. The molecule has 1 rings (SSSR count). The zero-order chi connectivity index (χ0) is 13.7. The molecule has 0 bridgehead atoms. The lowest BCUT2D eigenvalue weighted by Gasteiger charge is -2.14. The van der Waals surface area contributed by atoms with Gasteiger partial charge in [0.25, 0.3) is 0 Å². The predicted molar refractivity (Wildman–Crippen MR) is 74.0 cm³/mol. The van der Waals surface area contributed by atoms with E-state index in [9.17, 15) is 4.79 Å². The maximum absolute atomic E-state index is 12.1. The van der Waals surface area contributed by atoms with Gasteiger partial charge in [0.15, 0.2) is 5.78 Å². The summed E-state index contributed by atoms with van der Waals surface area (Å²) in [6.07, 6.45) is 0.799. The Balaban J connectivity index is 2.79. The van der Waals surface area contributed by atoms with Crippen LogP contribution in [0, 0.1) is 5.92 Å². The van der Waals surface area contributed by atoms with Crippen molar-refractivity contribution in [2.45, 2.75) is 46.3 Å². The van der Waals surface area contributed by atoms with Crippen LogP contribution in [0.5, 0.6) is 5.75 Å². The molecule has 100 valence electrons. The van der Waals surface area contributed by atoms with Crippen LogP contribution in [0.15, 0.2) is 24.3 Å². The molecule has 1 aromatic rings. The molecule has 0 saturated carbocycles. The van der Waals surface area contributed by atoms with Gasteiger partial charge in [-0.3, -0.25) is 4.79 Å². The number of carbonyl (C=O) groups is 1. The predicted octanol–water partition coefficient (Wildman–Crippen LogP) is 3.03. The van der Waals surface area contributed by atoms with E-state index in [-0.39, 0.29) is 11.9 Å². The number of benzene rings is 1. The fourth-order valence-corrected chi connectivity index (χ4v) is 1.82. The van der Waals surface area contributed by atoms with Gasteiger partial charge >= 0.3 is 0 Å². The molecule has 2 N–H and O–H groups in total. The molecule has 0 radical (unpaired) electrons. The quantitative estimate of drug-likeness (QED) is 0.788. The fraction of sp³-hybridized carbons (Fsp3) is 0.533. The molecular weight excluding hydrogens is 226 g/mol. The van der Waals surface area contributed by atoms with Crippen molar-refractivity contribution in [3.63, 3.8) is 0 Å². The Kier molecular flexibility index (Phi) is 5.35. The summed E-state index contributed by atoms with van der Waals surface area (Å²) in [5, 5.41) is 0. The lowest BCUT2D eigenvalue weighted by atomic mass is 9.97. The van der Waals surface area contributed by atoms with Crippen LogP contribution in [-0.4, -0.2) is 17.9 Å². The van der Waals surface area contributed by atoms with Crippen molar-refractivity contribution in [1.29, 1.82) is 0 Å². The lowest BCUT2D eigenvalue weighted by Crippen LogP contribution is -2.31. The Morgan fingerprint density at radius 2 is 1.94 bits per heavy atom. The zero-order valence-electron chi connectivity index (χ0n) is 11.6. The van der Waals surface area contributed by atoms with Crippen molar-refractivity contribution in [3.8, 4) is 5.75 Å². The van der Waals surface area contributed by atoms with Crippen molar-refractivity contribution < 1.29 is 9.53 Å². The number of rotatable bonds is 6. The van der Waals surface area contributed by atoms with Gasteiger partial charge in [0.2, 0.25) is 0 Å². The Labute approximate surface area is 109 Å². The minimum Gasteiger partial charge on any atom is -0.491 e. The summed E-state index contributed by atoms with van der Waals surface area (Å²) >= 11 is 0. The van der Waals surface area contributed by atoms with Gasteiger partial charge in [-0.2, -0.15) is 0 Å². The van der Waals surface area contributed by atoms with Gasteiger partial charge < -0.3 is 10.5 Å². The molecule has 0 aliphatic rings. The monoisotopic (exact) mass is 249 g/mol. The maximum atomic E-state index is 12.1. The molecule has 3 heteroatoms. The molecule has 0 spiro atoms. The average molecular weight is 249 g/mol. The SMILES string of the molecule is CC(C)CC(N)C(=O)c1cccc(OC(C)C)c1. The first-order chi connectivity index (χ1) is 8.40. The standard InChI is InChI=1S/C15H23NO2/c1-10(2)8-14(16)15(17)12-6-5-7-13(9-12)18-11(3)4/h5-7,9-11,14H,8,16H2,1-4H3. The molecule has 0 amide bonds. The van der Waals surface area contributed by atoms with Crippen LogP contribution in [0.3, 0.4) is 0 Å². The number of hydrogen-bond donors (Lipinski definition) is 1. The second kappa shape index (κ2) is 6.55. The first-order valence-corrected chi connectivity index (χ1v) is 6.46. The number of ketones is 1. The molecule has 0 aromatic heterocycles. The third kappa shape index (κ3) is 4.49. The van der Waals surface area contributed by atoms with Crippen molar-refractivity contribution >= 4 is 5.78 Å². The molecule has 1 unspecified atom stereocenters. The van der Waals surface area contributed by atoms with Crippen LogP contribution in [0.1, 0.15) is 44.5 Å². The van der Waals surface area contributed by atoms with Gasteiger partial charge in [-0.1, -0.05) is 26.0 Å². The molecule has 0 aliphatic heterocycles. The van der Waals surface area contributed by atoms with Crippen molar-refractivity contribution in [1.82, 2.24) is 0 Å². The smallest absolute Gasteiger partial charge is 0.179 e. The molecule has 0 aliphatic carbocycles. The topological polar surface area (TPSA) is 52.3 Å². The highest BCUT2D eigenvalue weighted by Gasteiger charge is 2.17. The average Bonchev–Trinajstić information content (AvgIpc) is 2.26. The van der Waals surface area contributed by atoms with Crippen LogP contribution in [-0.2, 0) is 0 Å². The number of hydrogen-bond acceptors (Lipinski definition) is 3. The minimum atomic E-state index is -0.431. The highest BCUT2D eigenvalue weighted by atomic mass is 16.5. The van der Waals surface area contributed by atoms with E-state index in [0.29, 0.717) is 23.7 Å². The summed E-state index contributed by atoms with van der Waals surface area (Å²) in [6, 6.07) is 6.80. The Bertz CT molecular complexity index is 399. The zero-order valence-corrected chi connectivity index (χ0v) is 11.6. The molecular formula is C15H23NO2. The summed E-state index contributed by atoms with van der Waals surface area (Å²) in [5.74, 6) is 1.12. The number of nitrogens with two attached hydrogens (primary N) is 1. The Hall–Kier alpha value is -1.35. The fourth-order valence-electron chi connectivity index (χ4n) is 1.82. The number of ether oxygens (including phenoxy) is 1. The van der Waals surface area contributed by atoms with E-state index in [0.717, 1.165) is 0 Å². The van der Waals surface area contributed by atoms with Gasteiger partial charge in [-0.25, -0.2) is 0 Å². The molecule has 0 heterocycles. The van der Waals surface area contributed by atoms with Crippen LogP contribution in [0.2, 0.25) is 0 Å². The highest BCUT2D eigenvalue weighted by Crippen LogP contribution is 2.17. The normalized spacial score (nSPS) is 12.8. The van der Waals surface area contributed by atoms with Crippen molar-refractivity contribution in [3.05, 3.63) is 29.8 Å². The summed E-state index contributed by atoms with van der Waals surface area (Å²) in [5.41, 5.74) is 6.54. The van der Waals surface area contributed by atoms with E-state index in [2.05, 4.69) is 13.8 Å². The second-order valence-corrected chi connectivity index (χ2v) is 5.29. The Morgan fingerprint density at radius 3 is 2.50 bits per heavy atom. The lowest BCUT2D eigenvalue weighted by molar-refractivity contribution is 0.0950. The largest absolute Gasteiger partial charge is 0.491 e. The highest BCUT2D eigenvalue weighted by molar-refractivity contribution is 6.00. The van der Waals surface area contributed by atoms with Crippen molar-refractivity contribution in [2.24, 2.45) is 11.7 Å². The van der Waals surface area contributed by atoms with E-state index < -0.39 is 6.04 Å². The van der Waals surface area contributed by atoms with Crippen LogP contribution in [0.25, 0.3) is 0 Å². The third-order valence-corrected chi connectivity index (χ3v) is 2.55. The van der Waals surface area contributed by atoms with Gasteiger partial charge in [-0.05, 0) is 38.3 Å².